The highest BCUT2D eigenvalue weighted by atomic mass is 79.9. The third-order valence-corrected chi connectivity index (χ3v) is 2.26. The second-order valence-corrected chi connectivity index (χ2v) is 3.36. The van der Waals surface area contributed by atoms with Gasteiger partial charge in [-0.1, -0.05) is 11.6 Å². The molecule has 0 aliphatic rings. The van der Waals surface area contributed by atoms with Gasteiger partial charge < -0.3 is 9.94 Å². The quantitative estimate of drug-likeness (QED) is 0.335. The van der Waals surface area contributed by atoms with E-state index in [0.29, 0.717) is 4.73 Å². The maximum absolute atomic E-state index is 11.3. The Morgan fingerprint density at radius 1 is 1.69 bits per heavy atom. The molecule has 0 radical (unpaired) electrons. The van der Waals surface area contributed by atoms with E-state index in [0.717, 1.165) is 0 Å². The summed E-state index contributed by atoms with van der Waals surface area (Å²) in [6.07, 6.45) is 0. The molecule has 0 spiro atoms. The molecule has 0 aliphatic heterocycles. The van der Waals surface area contributed by atoms with Crippen LogP contribution in [-0.2, 0) is 4.74 Å². The normalized spacial score (nSPS) is 9.77. The smallest absolute Gasteiger partial charge is 0.406 e. The van der Waals surface area contributed by atoms with Gasteiger partial charge in [0.2, 0.25) is 0 Å². The number of hydrogen-bond acceptors (Lipinski definition) is 3. The number of nitrogens with zero attached hydrogens (tertiary/aromatic N) is 1. The lowest BCUT2D eigenvalue weighted by Gasteiger charge is -2.04. The van der Waals surface area contributed by atoms with Crippen molar-refractivity contribution in [3.63, 3.8) is 0 Å². The zero-order valence-corrected chi connectivity index (χ0v) is 8.92. The molecule has 0 saturated heterocycles. The van der Waals surface area contributed by atoms with Crippen molar-refractivity contribution >= 4 is 33.5 Å². The molecular formula is C7H5BrClNO3. The highest BCUT2D eigenvalue weighted by Crippen LogP contribution is 2.15. The zero-order chi connectivity index (χ0) is 10.0. The van der Waals surface area contributed by atoms with Crippen LogP contribution in [-0.4, -0.2) is 13.1 Å². The predicted octanol–water partition coefficient (Wildman–Crippen LogP) is 1.52. The van der Waals surface area contributed by atoms with E-state index in [-0.39, 0.29) is 15.3 Å². The number of halogens is 2. The van der Waals surface area contributed by atoms with Gasteiger partial charge in [-0.15, -0.1) is 0 Å². The molecule has 4 nitrogen and oxygen atoms in total. The summed E-state index contributed by atoms with van der Waals surface area (Å²) in [7, 11) is 1.18. The van der Waals surface area contributed by atoms with Crippen LogP contribution in [0.2, 0.25) is 5.02 Å². The average molecular weight is 266 g/mol. The first-order chi connectivity index (χ1) is 6.07. The van der Waals surface area contributed by atoms with E-state index in [4.69, 9.17) is 11.6 Å². The molecule has 6 heteroatoms. The molecular weight excluding hydrogens is 261 g/mol. The van der Waals surface area contributed by atoms with Crippen molar-refractivity contribution in [2.75, 3.05) is 7.11 Å². The Bertz CT molecular complexity index is 356. The summed E-state index contributed by atoms with van der Waals surface area (Å²) in [4.78, 5) is 11.1. The van der Waals surface area contributed by atoms with Crippen molar-refractivity contribution in [1.29, 1.82) is 0 Å². The third kappa shape index (κ3) is 1.92. The number of hydrogen-bond donors (Lipinski definition) is 0. The first-order valence-electron chi connectivity index (χ1n) is 3.23. The second-order valence-electron chi connectivity index (χ2n) is 2.14. The standard InChI is InChI=1S/C7H5BrClNO3/c1-13-7(11)6-4(9)2-3-5(8)10(6)12/h2-3H,1H3. The number of carbonyl (C=O) groups is 1. The molecule has 13 heavy (non-hydrogen) atoms. The number of esters is 1. The van der Waals surface area contributed by atoms with Crippen molar-refractivity contribution in [3.05, 3.63) is 32.7 Å². The molecule has 0 unspecified atom stereocenters. The number of pyridine rings is 1. The van der Waals surface area contributed by atoms with Crippen LogP contribution in [0.15, 0.2) is 16.7 Å². The van der Waals surface area contributed by atoms with Crippen LogP contribution in [0.5, 0.6) is 0 Å². The highest BCUT2D eigenvalue weighted by molar-refractivity contribution is 9.10. The lowest BCUT2D eigenvalue weighted by Crippen LogP contribution is -2.36. The Balaban J connectivity index is 3.33. The molecule has 70 valence electrons. The molecule has 0 fully saturated rings. The molecule has 0 bridgehead atoms. The van der Waals surface area contributed by atoms with Crippen LogP contribution < -0.4 is 4.73 Å². The van der Waals surface area contributed by atoms with E-state index < -0.39 is 5.97 Å². The van der Waals surface area contributed by atoms with E-state index in [1.165, 1.54) is 19.2 Å². The molecule has 1 heterocycles. The summed E-state index contributed by atoms with van der Waals surface area (Å²) < 4.78 is 4.96. The molecule has 0 aliphatic carbocycles. The number of rotatable bonds is 1. The molecule has 0 amide bonds. The minimum atomic E-state index is -0.763. The van der Waals surface area contributed by atoms with E-state index in [9.17, 15) is 10.0 Å². The van der Waals surface area contributed by atoms with Gasteiger partial charge in [-0.2, -0.15) is 4.73 Å². The fourth-order valence-corrected chi connectivity index (χ4v) is 1.30. The van der Waals surface area contributed by atoms with Crippen LogP contribution in [0.4, 0.5) is 0 Å². The fraction of sp³-hybridized carbons (Fsp3) is 0.143. The van der Waals surface area contributed by atoms with Crippen LogP contribution in [0, 0.1) is 5.21 Å². The predicted molar refractivity (Wildman–Crippen MR) is 49.5 cm³/mol. The summed E-state index contributed by atoms with van der Waals surface area (Å²) in [5, 5.41) is 11.3. The second kappa shape index (κ2) is 3.93. The van der Waals surface area contributed by atoms with Crippen molar-refractivity contribution < 1.29 is 14.3 Å². The van der Waals surface area contributed by atoms with Crippen molar-refractivity contribution in [2.24, 2.45) is 0 Å². The Kier molecular flexibility index (Phi) is 3.11. The summed E-state index contributed by atoms with van der Waals surface area (Å²) in [5.74, 6) is -0.763. The van der Waals surface area contributed by atoms with Gasteiger partial charge in [0.1, 0.15) is 5.02 Å². The maximum Gasteiger partial charge on any atom is 0.406 e. The summed E-state index contributed by atoms with van der Waals surface area (Å²) in [5.41, 5.74) is -0.224. The first kappa shape index (κ1) is 10.3. The Labute approximate surface area is 87.8 Å². The lowest BCUT2D eigenvalue weighted by molar-refractivity contribution is -0.620. The lowest BCUT2D eigenvalue weighted by atomic mass is 10.3. The topological polar surface area (TPSA) is 53.2 Å². The minimum Gasteiger partial charge on any atom is -0.617 e. The van der Waals surface area contributed by atoms with Gasteiger partial charge in [0.25, 0.3) is 4.60 Å². The van der Waals surface area contributed by atoms with E-state index in [1.807, 2.05) is 0 Å². The SMILES string of the molecule is COC(=O)c1c(Cl)ccc(Br)[n+]1[O-]. The zero-order valence-electron chi connectivity index (χ0n) is 6.58. The van der Waals surface area contributed by atoms with E-state index >= 15 is 0 Å². The van der Waals surface area contributed by atoms with Gasteiger partial charge in [0, 0.05) is 22.0 Å². The van der Waals surface area contributed by atoms with Gasteiger partial charge in [-0.25, -0.2) is 4.79 Å². The molecule has 1 rings (SSSR count). The Hall–Kier alpha value is -0.810. The largest absolute Gasteiger partial charge is 0.617 e. The summed E-state index contributed by atoms with van der Waals surface area (Å²) >= 11 is 8.59. The molecule has 0 saturated carbocycles. The minimum absolute atomic E-state index is 0.0602. The monoisotopic (exact) mass is 265 g/mol. The third-order valence-electron chi connectivity index (χ3n) is 1.37. The summed E-state index contributed by atoms with van der Waals surface area (Å²) in [6, 6.07) is 2.88. The molecule has 0 N–H and O–H groups in total. The van der Waals surface area contributed by atoms with Crippen molar-refractivity contribution in [2.45, 2.75) is 0 Å². The molecule has 1 aromatic heterocycles. The number of carbonyl (C=O) groups excluding carboxylic acids is 1. The van der Waals surface area contributed by atoms with Gasteiger partial charge in [0.05, 0.1) is 7.11 Å². The van der Waals surface area contributed by atoms with E-state index in [1.54, 1.807) is 0 Å². The maximum atomic E-state index is 11.3. The van der Waals surface area contributed by atoms with Crippen LogP contribution in [0.25, 0.3) is 0 Å². The molecule has 1 aromatic rings. The average Bonchev–Trinajstić information content (AvgIpc) is 2.12. The number of aromatic nitrogens is 1. The van der Waals surface area contributed by atoms with Gasteiger partial charge in [-0.05, 0) is 6.07 Å². The fourth-order valence-electron chi connectivity index (χ4n) is 0.769. The highest BCUT2D eigenvalue weighted by Gasteiger charge is 2.23. The van der Waals surface area contributed by atoms with Gasteiger partial charge in [0.15, 0.2) is 0 Å². The van der Waals surface area contributed by atoms with Crippen LogP contribution >= 0.6 is 27.5 Å². The number of methoxy groups -OCH3 is 1. The van der Waals surface area contributed by atoms with E-state index in [2.05, 4.69) is 20.7 Å². The van der Waals surface area contributed by atoms with Gasteiger partial charge in [-0.3, -0.25) is 0 Å². The van der Waals surface area contributed by atoms with Crippen molar-refractivity contribution in [1.82, 2.24) is 0 Å². The molecule has 0 atom stereocenters. The van der Waals surface area contributed by atoms with Gasteiger partial charge >= 0.3 is 11.7 Å². The first-order valence-corrected chi connectivity index (χ1v) is 4.41. The Morgan fingerprint density at radius 2 is 2.31 bits per heavy atom. The summed E-state index contributed by atoms with van der Waals surface area (Å²) in [6.45, 7) is 0. The Morgan fingerprint density at radius 3 is 2.85 bits per heavy atom. The van der Waals surface area contributed by atoms with Crippen LogP contribution in [0.1, 0.15) is 10.5 Å². The van der Waals surface area contributed by atoms with Crippen molar-refractivity contribution in [3.8, 4) is 0 Å². The van der Waals surface area contributed by atoms with Crippen LogP contribution in [0.3, 0.4) is 0 Å². The number of ether oxygens (including phenoxy) is 1. The molecule has 0 aromatic carbocycles.